The molecule has 30 heavy (non-hydrogen) atoms. The minimum Gasteiger partial charge on any atom is -0.381 e. The second kappa shape index (κ2) is 9.62. The number of nitrogens with two attached hydrogens (primary N) is 1. The number of hydrogen-bond acceptors (Lipinski definition) is 6. The molecule has 1 saturated heterocycles. The van der Waals surface area contributed by atoms with Crippen LogP contribution >= 0.6 is 23.2 Å². The van der Waals surface area contributed by atoms with E-state index in [2.05, 4.69) is 49.8 Å². The predicted molar refractivity (Wildman–Crippen MR) is 124 cm³/mol. The number of nitrogens with one attached hydrogen (secondary N) is 2. The monoisotopic (exact) mass is 442 g/mol. The molecule has 4 rings (SSSR count). The normalized spacial score (nSPS) is 14.6. The Morgan fingerprint density at radius 1 is 1.03 bits per heavy atom. The molecule has 0 atom stereocenters. The lowest BCUT2D eigenvalue weighted by Gasteiger charge is -2.27. The highest BCUT2D eigenvalue weighted by molar-refractivity contribution is 6.36. The van der Waals surface area contributed by atoms with Crippen LogP contribution in [0.1, 0.15) is 11.1 Å². The molecule has 0 aliphatic carbocycles. The minimum atomic E-state index is 0.331. The van der Waals surface area contributed by atoms with Crippen LogP contribution in [0.3, 0.4) is 0 Å². The quantitative estimate of drug-likeness (QED) is 0.534. The number of rotatable bonds is 6. The van der Waals surface area contributed by atoms with E-state index in [0.29, 0.717) is 28.2 Å². The molecule has 0 saturated carbocycles. The molecule has 1 aromatic heterocycles. The van der Waals surface area contributed by atoms with Gasteiger partial charge in [0.15, 0.2) is 11.6 Å². The van der Waals surface area contributed by atoms with E-state index >= 15 is 0 Å². The Morgan fingerprint density at radius 3 is 2.43 bits per heavy atom. The molecule has 0 spiro atoms. The Kier molecular flexibility index (Phi) is 6.69. The number of nitrogens with zero attached hydrogens (tertiary/aromatic N) is 3. The van der Waals surface area contributed by atoms with Crippen LogP contribution in [0.5, 0.6) is 0 Å². The SMILES string of the molecule is Nc1ncc(-c2ccc(CN3CCNCC3)cc2)nc1NCc1c(Cl)cccc1Cl. The highest BCUT2D eigenvalue weighted by Crippen LogP contribution is 2.27. The minimum absolute atomic E-state index is 0.331. The third-order valence-electron chi connectivity index (χ3n) is 5.16. The Balaban J connectivity index is 1.47. The first-order valence-corrected chi connectivity index (χ1v) is 10.7. The lowest BCUT2D eigenvalue weighted by atomic mass is 10.1. The third-order valence-corrected chi connectivity index (χ3v) is 5.87. The number of anilines is 2. The smallest absolute Gasteiger partial charge is 0.169 e. The van der Waals surface area contributed by atoms with Crippen LogP contribution in [0.15, 0.2) is 48.7 Å². The summed E-state index contributed by atoms with van der Waals surface area (Å²) in [7, 11) is 0. The maximum absolute atomic E-state index is 6.25. The molecule has 1 aliphatic rings. The molecule has 1 fully saturated rings. The van der Waals surface area contributed by atoms with E-state index in [1.54, 1.807) is 18.3 Å². The summed E-state index contributed by atoms with van der Waals surface area (Å²) in [4.78, 5) is 11.4. The molecule has 1 aliphatic heterocycles. The predicted octanol–water partition coefficient (Wildman–Crippen LogP) is 4.05. The largest absolute Gasteiger partial charge is 0.381 e. The second-order valence-electron chi connectivity index (χ2n) is 7.27. The lowest BCUT2D eigenvalue weighted by molar-refractivity contribution is 0.233. The van der Waals surface area contributed by atoms with E-state index < -0.39 is 0 Å². The molecule has 0 amide bonds. The first-order valence-electron chi connectivity index (χ1n) is 9.92. The van der Waals surface area contributed by atoms with E-state index in [4.69, 9.17) is 28.9 Å². The highest BCUT2D eigenvalue weighted by Gasteiger charge is 2.12. The van der Waals surface area contributed by atoms with E-state index in [9.17, 15) is 0 Å². The van der Waals surface area contributed by atoms with Crippen molar-refractivity contribution in [3.05, 3.63) is 69.8 Å². The number of piperazine rings is 1. The molecule has 3 aromatic rings. The summed E-state index contributed by atoms with van der Waals surface area (Å²) >= 11 is 12.5. The summed E-state index contributed by atoms with van der Waals surface area (Å²) < 4.78 is 0. The molecule has 2 heterocycles. The van der Waals surface area contributed by atoms with E-state index in [0.717, 1.165) is 49.5 Å². The van der Waals surface area contributed by atoms with Crippen LogP contribution in [0.25, 0.3) is 11.3 Å². The van der Waals surface area contributed by atoms with Crippen LogP contribution < -0.4 is 16.4 Å². The molecular formula is C22H24Cl2N6. The van der Waals surface area contributed by atoms with E-state index in [1.807, 2.05) is 6.07 Å². The summed E-state index contributed by atoms with van der Waals surface area (Å²) in [5, 5.41) is 7.78. The fraction of sp³-hybridized carbons (Fsp3) is 0.273. The molecule has 2 aromatic carbocycles. The van der Waals surface area contributed by atoms with Crippen molar-refractivity contribution in [2.75, 3.05) is 37.2 Å². The number of nitrogen functional groups attached to an aromatic ring is 1. The maximum Gasteiger partial charge on any atom is 0.169 e. The summed E-state index contributed by atoms with van der Waals surface area (Å²) in [6, 6.07) is 13.9. The zero-order valence-electron chi connectivity index (χ0n) is 16.5. The van der Waals surface area contributed by atoms with Crippen molar-refractivity contribution in [3.63, 3.8) is 0 Å². The standard InChI is InChI=1S/C22H24Cl2N6/c23-18-2-1-3-19(24)17(18)12-28-22-21(25)27-13-20(29-22)16-6-4-15(5-7-16)14-30-10-8-26-9-11-30/h1-7,13,26H,8-12,14H2,(H2,25,27)(H,28,29). The third kappa shape index (κ3) is 5.02. The molecule has 4 N–H and O–H groups in total. The maximum atomic E-state index is 6.25. The highest BCUT2D eigenvalue weighted by atomic mass is 35.5. The van der Waals surface area contributed by atoms with Gasteiger partial charge >= 0.3 is 0 Å². The molecule has 156 valence electrons. The van der Waals surface area contributed by atoms with Crippen molar-refractivity contribution in [1.29, 1.82) is 0 Å². The van der Waals surface area contributed by atoms with Gasteiger partial charge in [0.2, 0.25) is 0 Å². The average molecular weight is 443 g/mol. The summed E-state index contributed by atoms with van der Waals surface area (Å²) in [6.07, 6.45) is 1.69. The van der Waals surface area contributed by atoms with Gasteiger partial charge in [0.25, 0.3) is 0 Å². The Labute approximate surface area is 186 Å². The van der Waals surface area contributed by atoms with Gasteiger partial charge in [-0.15, -0.1) is 0 Å². The van der Waals surface area contributed by atoms with E-state index in [1.165, 1.54) is 5.56 Å². The molecule has 0 radical (unpaired) electrons. The van der Waals surface area contributed by atoms with Gasteiger partial charge in [-0.25, -0.2) is 9.97 Å². The molecule has 6 nitrogen and oxygen atoms in total. The van der Waals surface area contributed by atoms with Gasteiger partial charge in [0.05, 0.1) is 11.9 Å². The fourth-order valence-electron chi connectivity index (χ4n) is 3.45. The molecule has 8 heteroatoms. The van der Waals surface area contributed by atoms with Crippen LogP contribution in [0, 0.1) is 0 Å². The van der Waals surface area contributed by atoms with Crippen molar-refractivity contribution in [2.45, 2.75) is 13.1 Å². The second-order valence-corrected chi connectivity index (χ2v) is 8.08. The Morgan fingerprint density at radius 2 is 1.73 bits per heavy atom. The van der Waals surface area contributed by atoms with Crippen molar-refractivity contribution in [1.82, 2.24) is 20.2 Å². The van der Waals surface area contributed by atoms with Crippen molar-refractivity contribution in [3.8, 4) is 11.3 Å². The van der Waals surface area contributed by atoms with Crippen LogP contribution in [0.2, 0.25) is 10.0 Å². The summed E-state index contributed by atoms with van der Waals surface area (Å²) in [5.41, 5.74) is 9.85. The first-order chi connectivity index (χ1) is 14.6. The molecule has 0 bridgehead atoms. The van der Waals surface area contributed by atoms with Crippen molar-refractivity contribution in [2.24, 2.45) is 0 Å². The topological polar surface area (TPSA) is 79.1 Å². The fourth-order valence-corrected chi connectivity index (χ4v) is 3.98. The first kappa shape index (κ1) is 20.9. The van der Waals surface area contributed by atoms with Crippen LogP contribution in [-0.2, 0) is 13.1 Å². The lowest BCUT2D eigenvalue weighted by Crippen LogP contribution is -2.42. The summed E-state index contributed by atoms with van der Waals surface area (Å²) in [6.45, 7) is 5.62. The molecular weight excluding hydrogens is 419 g/mol. The zero-order chi connectivity index (χ0) is 20.9. The van der Waals surface area contributed by atoms with Gasteiger partial charge in [0.1, 0.15) is 0 Å². The van der Waals surface area contributed by atoms with Gasteiger partial charge < -0.3 is 16.4 Å². The number of halogens is 2. The van der Waals surface area contributed by atoms with Crippen LogP contribution in [0.4, 0.5) is 11.6 Å². The average Bonchev–Trinajstić information content (AvgIpc) is 2.76. The van der Waals surface area contributed by atoms with Gasteiger partial charge in [0, 0.05) is 60.4 Å². The van der Waals surface area contributed by atoms with E-state index in [-0.39, 0.29) is 0 Å². The zero-order valence-corrected chi connectivity index (χ0v) is 18.0. The Bertz CT molecular complexity index is 983. The van der Waals surface area contributed by atoms with Crippen molar-refractivity contribution >= 4 is 34.8 Å². The van der Waals surface area contributed by atoms with Gasteiger partial charge in [-0.05, 0) is 17.7 Å². The van der Waals surface area contributed by atoms with Gasteiger partial charge in [-0.1, -0.05) is 53.5 Å². The van der Waals surface area contributed by atoms with Gasteiger partial charge in [-0.2, -0.15) is 0 Å². The van der Waals surface area contributed by atoms with Crippen molar-refractivity contribution < 1.29 is 0 Å². The number of aromatic nitrogens is 2. The van der Waals surface area contributed by atoms with Crippen LogP contribution in [-0.4, -0.2) is 41.0 Å². The molecule has 0 unspecified atom stereocenters. The number of hydrogen-bond donors (Lipinski definition) is 3. The Hall–Kier alpha value is -2.38. The number of benzene rings is 2. The summed E-state index contributed by atoms with van der Waals surface area (Å²) in [5.74, 6) is 0.839. The van der Waals surface area contributed by atoms with Gasteiger partial charge in [-0.3, -0.25) is 4.90 Å².